The Bertz CT molecular complexity index is 1140. The summed E-state index contributed by atoms with van der Waals surface area (Å²) < 4.78 is 1.47. The predicted molar refractivity (Wildman–Crippen MR) is 116 cm³/mol. The molecule has 0 spiro atoms. The zero-order valence-corrected chi connectivity index (χ0v) is 18.3. The molecule has 2 amide bonds. The lowest BCUT2D eigenvalue weighted by Crippen LogP contribution is -2.50. The summed E-state index contributed by atoms with van der Waals surface area (Å²) in [6.07, 6.45) is 2.42. The lowest BCUT2D eigenvalue weighted by molar-refractivity contribution is -0.132. The highest BCUT2D eigenvalue weighted by Crippen LogP contribution is 2.40. The zero-order valence-electron chi connectivity index (χ0n) is 18.3. The summed E-state index contributed by atoms with van der Waals surface area (Å²) in [5, 5.41) is 0.168. The molecule has 1 aliphatic heterocycles. The van der Waals surface area contributed by atoms with Crippen molar-refractivity contribution in [2.45, 2.75) is 52.5 Å². The van der Waals surface area contributed by atoms with E-state index in [0.717, 1.165) is 18.5 Å². The second kappa shape index (κ2) is 8.28. The summed E-state index contributed by atoms with van der Waals surface area (Å²) in [6, 6.07) is 1.73. The Labute approximate surface area is 180 Å². The van der Waals surface area contributed by atoms with E-state index in [1.807, 2.05) is 20.8 Å². The molecule has 2 aromatic rings. The number of hydrogen-bond acceptors (Lipinski definition) is 5. The van der Waals surface area contributed by atoms with Crippen LogP contribution < -0.4 is 11.2 Å². The van der Waals surface area contributed by atoms with Gasteiger partial charge in [0.15, 0.2) is 5.65 Å². The molecule has 1 aliphatic carbocycles. The third-order valence-corrected chi connectivity index (χ3v) is 5.96. The Morgan fingerprint density at radius 1 is 1.13 bits per heavy atom. The summed E-state index contributed by atoms with van der Waals surface area (Å²) >= 11 is 0. The van der Waals surface area contributed by atoms with Gasteiger partial charge in [-0.25, -0.2) is 9.78 Å². The smallest absolute Gasteiger partial charge is 0.330 e. The molecule has 0 unspecified atom stereocenters. The molecule has 0 radical (unpaired) electrons. The number of nitrogens with one attached hydrogen (secondary N) is 1. The van der Waals surface area contributed by atoms with Gasteiger partial charge < -0.3 is 9.80 Å². The molecule has 2 fully saturated rings. The number of piperazine rings is 1. The zero-order chi connectivity index (χ0) is 22.3. The molecule has 2 aliphatic rings. The first kappa shape index (κ1) is 21.3. The van der Waals surface area contributed by atoms with Crippen molar-refractivity contribution >= 4 is 22.8 Å². The van der Waals surface area contributed by atoms with Crippen LogP contribution in [0.25, 0.3) is 11.0 Å². The van der Waals surface area contributed by atoms with Crippen LogP contribution in [0.15, 0.2) is 15.7 Å². The van der Waals surface area contributed by atoms with Gasteiger partial charge in [0, 0.05) is 50.8 Å². The summed E-state index contributed by atoms with van der Waals surface area (Å²) in [6.45, 7) is 7.97. The second-order valence-corrected chi connectivity index (χ2v) is 8.86. The number of pyridine rings is 1. The molecule has 3 heterocycles. The monoisotopic (exact) mass is 427 g/mol. The Morgan fingerprint density at radius 2 is 1.77 bits per heavy atom. The number of carbonyl (C=O) groups excluding carboxylic acids is 2. The first-order valence-electron chi connectivity index (χ1n) is 11.0. The number of amides is 2. The molecule has 0 atom stereocenters. The Hall–Kier alpha value is -2.97. The minimum Gasteiger partial charge on any atom is -0.339 e. The van der Waals surface area contributed by atoms with Crippen LogP contribution in [-0.4, -0.2) is 62.3 Å². The predicted octanol–water partition coefficient (Wildman–Crippen LogP) is 1.31. The van der Waals surface area contributed by atoms with Crippen molar-refractivity contribution in [2.75, 3.05) is 26.2 Å². The number of carbonyl (C=O) groups is 2. The Morgan fingerprint density at radius 3 is 2.35 bits per heavy atom. The van der Waals surface area contributed by atoms with Gasteiger partial charge in [-0.05, 0) is 24.8 Å². The fourth-order valence-corrected chi connectivity index (χ4v) is 4.14. The molecule has 0 aromatic carbocycles. The van der Waals surface area contributed by atoms with Gasteiger partial charge in [-0.15, -0.1) is 0 Å². The molecule has 31 heavy (non-hydrogen) atoms. The Kier molecular flexibility index (Phi) is 5.68. The quantitative estimate of drug-likeness (QED) is 0.774. The molecule has 4 rings (SSSR count). The van der Waals surface area contributed by atoms with Crippen molar-refractivity contribution in [2.24, 2.45) is 5.92 Å². The van der Waals surface area contributed by atoms with Gasteiger partial charge in [0.2, 0.25) is 5.91 Å². The van der Waals surface area contributed by atoms with Crippen molar-refractivity contribution in [1.82, 2.24) is 24.3 Å². The molecular formula is C22H29N5O4. The second-order valence-electron chi connectivity index (χ2n) is 8.86. The fraction of sp³-hybridized carbons (Fsp3) is 0.591. The van der Waals surface area contributed by atoms with Crippen molar-refractivity contribution in [3.05, 3.63) is 38.2 Å². The summed E-state index contributed by atoms with van der Waals surface area (Å²) in [7, 11) is 0. The highest BCUT2D eigenvalue weighted by atomic mass is 16.2. The van der Waals surface area contributed by atoms with Crippen LogP contribution >= 0.6 is 0 Å². The lowest BCUT2D eigenvalue weighted by Gasteiger charge is -2.35. The van der Waals surface area contributed by atoms with Crippen LogP contribution in [0, 0.1) is 5.92 Å². The summed E-state index contributed by atoms with van der Waals surface area (Å²) in [5.41, 5.74) is 0.254. The van der Waals surface area contributed by atoms with E-state index in [9.17, 15) is 19.2 Å². The maximum atomic E-state index is 13.5. The van der Waals surface area contributed by atoms with Gasteiger partial charge in [0.05, 0.1) is 10.9 Å². The molecular weight excluding hydrogens is 398 g/mol. The van der Waals surface area contributed by atoms with Gasteiger partial charge in [-0.1, -0.05) is 20.8 Å². The van der Waals surface area contributed by atoms with Crippen LogP contribution in [0.2, 0.25) is 0 Å². The maximum Gasteiger partial charge on any atom is 0.330 e. The van der Waals surface area contributed by atoms with Crippen LogP contribution in [0.3, 0.4) is 0 Å². The number of rotatable bonds is 5. The number of H-pyrrole nitrogens is 1. The standard InChI is InChI=1S/C22H29N5O4/c1-4-17(28)25-7-9-26(10-8-25)21(30)15-11-16(14-5-6-14)23-19-18(15)20(29)24-22(31)27(19)12-13(2)3/h11,13-14H,4-10,12H2,1-3H3,(H,24,29,31). The van der Waals surface area contributed by atoms with E-state index < -0.39 is 11.2 Å². The first-order valence-corrected chi connectivity index (χ1v) is 11.0. The number of fused-ring (bicyclic) bond motifs is 1. The molecule has 1 saturated heterocycles. The van der Waals surface area contributed by atoms with Crippen molar-refractivity contribution < 1.29 is 9.59 Å². The maximum absolute atomic E-state index is 13.5. The van der Waals surface area contributed by atoms with Crippen molar-refractivity contribution in [3.63, 3.8) is 0 Å². The average Bonchev–Trinajstić information content (AvgIpc) is 3.60. The van der Waals surface area contributed by atoms with Gasteiger partial charge in [0.1, 0.15) is 0 Å². The SMILES string of the molecule is CCC(=O)N1CCN(C(=O)c2cc(C3CC3)nc3c2c(=O)[nH]c(=O)n3CC(C)C)CC1. The lowest BCUT2D eigenvalue weighted by atomic mass is 10.1. The minimum absolute atomic E-state index is 0.0756. The number of aromatic nitrogens is 3. The van der Waals surface area contributed by atoms with E-state index >= 15 is 0 Å². The van der Waals surface area contributed by atoms with E-state index in [1.54, 1.807) is 15.9 Å². The molecule has 1 N–H and O–H groups in total. The van der Waals surface area contributed by atoms with Crippen LogP contribution in [0.1, 0.15) is 62.0 Å². The summed E-state index contributed by atoms with van der Waals surface area (Å²) in [4.78, 5) is 61.2. The molecule has 9 heteroatoms. The van der Waals surface area contributed by atoms with Gasteiger partial charge in [-0.2, -0.15) is 0 Å². The van der Waals surface area contributed by atoms with E-state index in [1.165, 1.54) is 4.57 Å². The molecule has 1 saturated carbocycles. The van der Waals surface area contributed by atoms with E-state index in [2.05, 4.69) is 9.97 Å². The Balaban J connectivity index is 1.78. The fourth-order valence-electron chi connectivity index (χ4n) is 4.14. The third kappa shape index (κ3) is 4.13. The minimum atomic E-state index is -0.585. The first-order chi connectivity index (χ1) is 14.8. The van der Waals surface area contributed by atoms with Crippen LogP contribution in [0.5, 0.6) is 0 Å². The molecule has 166 valence electrons. The molecule has 9 nitrogen and oxygen atoms in total. The van der Waals surface area contributed by atoms with Crippen molar-refractivity contribution in [1.29, 1.82) is 0 Å². The van der Waals surface area contributed by atoms with Gasteiger partial charge in [-0.3, -0.25) is 23.9 Å². The van der Waals surface area contributed by atoms with Crippen LogP contribution in [0.4, 0.5) is 0 Å². The third-order valence-electron chi connectivity index (χ3n) is 5.96. The van der Waals surface area contributed by atoms with Crippen LogP contribution in [-0.2, 0) is 11.3 Å². The van der Waals surface area contributed by atoms with E-state index in [0.29, 0.717) is 44.7 Å². The van der Waals surface area contributed by atoms with E-state index in [-0.39, 0.29) is 34.7 Å². The largest absolute Gasteiger partial charge is 0.339 e. The van der Waals surface area contributed by atoms with Gasteiger partial charge in [0.25, 0.3) is 11.5 Å². The van der Waals surface area contributed by atoms with E-state index in [4.69, 9.17) is 0 Å². The highest BCUT2D eigenvalue weighted by molar-refractivity contribution is 6.05. The number of hydrogen-bond donors (Lipinski definition) is 1. The number of nitrogens with zero attached hydrogens (tertiary/aromatic N) is 4. The molecule has 2 aromatic heterocycles. The highest BCUT2D eigenvalue weighted by Gasteiger charge is 2.31. The van der Waals surface area contributed by atoms with Crippen molar-refractivity contribution in [3.8, 4) is 0 Å². The van der Waals surface area contributed by atoms with Gasteiger partial charge >= 0.3 is 5.69 Å². The topological polar surface area (TPSA) is 108 Å². The number of aromatic amines is 1. The summed E-state index contributed by atoms with van der Waals surface area (Å²) in [5.74, 6) is 0.253. The normalized spacial score (nSPS) is 16.9. The average molecular weight is 428 g/mol. The molecule has 0 bridgehead atoms.